The van der Waals surface area contributed by atoms with E-state index < -0.39 is 0 Å². The Balaban J connectivity index is 1.92. The second-order valence-corrected chi connectivity index (χ2v) is 5.29. The Hall–Kier alpha value is -0.840. The van der Waals surface area contributed by atoms with E-state index in [1.165, 1.54) is 0 Å². The van der Waals surface area contributed by atoms with Gasteiger partial charge in [-0.2, -0.15) is 0 Å². The number of aromatic nitrogens is 1. The maximum atomic E-state index is 6.11. The first-order valence-electron chi connectivity index (χ1n) is 6.25. The van der Waals surface area contributed by atoms with Crippen molar-refractivity contribution in [1.82, 2.24) is 10.3 Å². The highest BCUT2D eigenvalue weighted by molar-refractivity contribution is 6.31. The fourth-order valence-corrected chi connectivity index (χ4v) is 1.76. The summed E-state index contributed by atoms with van der Waals surface area (Å²) in [7, 11) is 0. The van der Waals surface area contributed by atoms with Crippen LogP contribution >= 0.6 is 11.6 Å². The first-order valence-corrected chi connectivity index (χ1v) is 6.63. The molecule has 0 aliphatic carbocycles. The van der Waals surface area contributed by atoms with Crippen LogP contribution in [0.3, 0.4) is 0 Å². The first-order chi connectivity index (χ1) is 8.65. The van der Waals surface area contributed by atoms with Crippen LogP contribution in [0.4, 0.5) is 0 Å². The SMILES string of the molecule is CC(C)CNCc1nc(OC2COC2)ccc1Cl. The van der Waals surface area contributed by atoms with E-state index in [0.717, 1.165) is 12.2 Å². The van der Waals surface area contributed by atoms with E-state index in [0.29, 0.717) is 36.6 Å². The minimum Gasteiger partial charge on any atom is -0.469 e. The fourth-order valence-electron chi connectivity index (χ4n) is 1.59. The zero-order valence-corrected chi connectivity index (χ0v) is 11.5. The minimum atomic E-state index is 0.134. The van der Waals surface area contributed by atoms with Crippen LogP contribution in [0.15, 0.2) is 12.1 Å². The van der Waals surface area contributed by atoms with Crippen molar-refractivity contribution in [3.05, 3.63) is 22.8 Å². The molecule has 2 rings (SSSR count). The maximum Gasteiger partial charge on any atom is 0.214 e. The van der Waals surface area contributed by atoms with E-state index in [4.69, 9.17) is 21.1 Å². The van der Waals surface area contributed by atoms with Crippen LogP contribution in [-0.4, -0.2) is 30.8 Å². The molecule has 1 aromatic heterocycles. The molecule has 4 nitrogen and oxygen atoms in total. The predicted molar refractivity (Wildman–Crippen MR) is 71.0 cm³/mol. The van der Waals surface area contributed by atoms with Crippen molar-refractivity contribution >= 4 is 11.6 Å². The summed E-state index contributed by atoms with van der Waals surface area (Å²) < 4.78 is 10.7. The van der Waals surface area contributed by atoms with Gasteiger partial charge in [0.05, 0.1) is 23.9 Å². The molecular formula is C13H19ClN2O2. The number of hydrogen-bond donors (Lipinski definition) is 1. The monoisotopic (exact) mass is 270 g/mol. The number of pyridine rings is 1. The third-order valence-electron chi connectivity index (χ3n) is 2.63. The van der Waals surface area contributed by atoms with Gasteiger partial charge in [0.15, 0.2) is 0 Å². The molecule has 0 atom stereocenters. The molecule has 0 saturated carbocycles. The zero-order valence-electron chi connectivity index (χ0n) is 10.8. The highest BCUT2D eigenvalue weighted by Crippen LogP contribution is 2.20. The Morgan fingerprint density at radius 3 is 2.89 bits per heavy atom. The number of nitrogens with zero attached hydrogens (tertiary/aromatic N) is 1. The molecule has 0 radical (unpaired) electrons. The van der Waals surface area contributed by atoms with Crippen molar-refractivity contribution < 1.29 is 9.47 Å². The summed E-state index contributed by atoms with van der Waals surface area (Å²) >= 11 is 6.11. The van der Waals surface area contributed by atoms with Gasteiger partial charge in [0.2, 0.25) is 5.88 Å². The van der Waals surface area contributed by atoms with Crippen LogP contribution in [0.5, 0.6) is 5.88 Å². The number of halogens is 1. The smallest absolute Gasteiger partial charge is 0.214 e. The van der Waals surface area contributed by atoms with Gasteiger partial charge in [0.1, 0.15) is 6.10 Å². The Bertz CT molecular complexity index is 395. The summed E-state index contributed by atoms with van der Waals surface area (Å²) in [5.74, 6) is 1.23. The number of rotatable bonds is 6. The van der Waals surface area contributed by atoms with E-state index in [2.05, 4.69) is 24.1 Å². The third kappa shape index (κ3) is 3.83. The van der Waals surface area contributed by atoms with Gasteiger partial charge in [-0.1, -0.05) is 25.4 Å². The molecule has 0 amide bonds. The van der Waals surface area contributed by atoms with Crippen LogP contribution in [0, 0.1) is 5.92 Å². The van der Waals surface area contributed by atoms with Crippen LogP contribution in [0.25, 0.3) is 0 Å². The van der Waals surface area contributed by atoms with Crippen LogP contribution in [0.1, 0.15) is 19.5 Å². The maximum absolute atomic E-state index is 6.11. The average molecular weight is 271 g/mol. The summed E-state index contributed by atoms with van der Waals surface area (Å²) in [6.45, 7) is 7.22. The van der Waals surface area contributed by atoms with Crippen molar-refractivity contribution in [3.8, 4) is 5.88 Å². The standard InChI is InChI=1S/C13H19ClN2O2/c1-9(2)5-15-6-12-11(14)3-4-13(16-12)18-10-7-17-8-10/h3-4,9-10,15H,5-8H2,1-2H3. The zero-order chi connectivity index (χ0) is 13.0. The number of hydrogen-bond acceptors (Lipinski definition) is 4. The fraction of sp³-hybridized carbons (Fsp3) is 0.615. The molecule has 1 N–H and O–H groups in total. The molecule has 18 heavy (non-hydrogen) atoms. The molecule has 0 unspecified atom stereocenters. The topological polar surface area (TPSA) is 43.4 Å². The van der Waals surface area contributed by atoms with E-state index in [1.54, 1.807) is 6.07 Å². The summed E-state index contributed by atoms with van der Waals surface area (Å²) in [6.07, 6.45) is 0.134. The van der Waals surface area contributed by atoms with Crippen molar-refractivity contribution in [2.45, 2.75) is 26.5 Å². The molecule has 100 valence electrons. The number of nitrogens with one attached hydrogen (secondary N) is 1. The van der Waals surface area contributed by atoms with Gasteiger partial charge in [0, 0.05) is 12.6 Å². The molecule has 0 spiro atoms. The molecule has 5 heteroatoms. The van der Waals surface area contributed by atoms with E-state index in [9.17, 15) is 0 Å². The minimum absolute atomic E-state index is 0.134. The van der Waals surface area contributed by atoms with Gasteiger partial charge in [-0.25, -0.2) is 4.98 Å². The van der Waals surface area contributed by atoms with Crippen LogP contribution < -0.4 is 10.1 Å². The summed E-state index contributed by atoms with van der Waals surface area (Å²) in [5.41, 5.74) is 0.829. The van der Waals surface area contributed by atoms with Gasteiger partial charge in [-0.3, -0.25) is 0 Å². The summed E-state index contributed by atoms with van der Waals surface area (Å²) in [5, 5.41) is 3.99. The first kappa shape index (κ1) is 13.6. The van der Waals surface area contributed by atoms with E-state index >= 15 is 0 Å². The van der Waals surface area contributed by atoms with Crippen LogP contribution in [0.2, 0.25) is 5.02 Å². The predicted octanol–water partition coefficient (Wildman–Crippen LogP) is 2.26. The van der Waals surface area contributed by atoms with Crippen molar-refractivity contribution in [2.75, 3.05) is 19.8 Å². The Labute approximate surface area is 113 Å². The highest BCUT2D eigenvalue weighted by atomic mass is 35.5. The van der Waals surface area contributed by atoms with Crippen molar-refractivity contribution in [2.24, 2.45) is 5.92 Å². The van der Waals surface area contributed by atoms with Crippen molar-refractivity contribution in [1.29, 1.82) is 0 Å². The molecule has 1 aromatic rings. The second kappa shape index (κ2) is 6.36. The summed E-state index contributed by atoms with van der Waals surface area (Å²) in [6, 6.07) is 3.63. The largest absolute Gasteiger partial charge is 0.469 e. The molecule has 1 saturated heterocycles. The Morgan fingerprint density at radius 2 is 2.28 bits per heavy atom. The van der Waals surface area contributed by atoms with Gasteiger partial charge in [-0.05, 0) is 18.5 Å². The second-order valence-electron chi connectivity index (χ2n) is 4.88. The van der Waals surface area contributed by atoms with Crippen LogP contribution in [-0.2, 0) is 11.3 Å². The normalized spacial score (nSPS) is 15.8. The van der Waals surface area contributed by atoms with Gasteiger partial charge >= 0.3 is 0 Å². The molecule has 1 aliphatic rings. The lowest BCUT2D eigenvalue weighted by atomic mass is 10.2. The summed E-state index contributed by atoms with van der Waals surface area (Å²) in [4.78, 5) is 4.42. The third-order valence-corrected chi connectivity index (χ3v) is 2.98. The average Bonchev–Trinajstić information content (AvgIpc) is 2.27. The van der Waals surface area contributed by atoms with Gasteiger partial charge < -0.3 is 14.8 Å². The number of ether oxygens (including phenoxy) is 2. The Kier molecular flexibility index (Phi) is 4.80. The molecular weight excluding hydrogens is 252 g/mol. The van der Waals surface area contributed by atoms with Gasteiger partial charge in [-0.15, -0.1) is 0 Å². The van der Waals surface area contributed by atoms with E-state index in [1.807, 2.05) is 6.07 Å². The molecule has 1 aliphatic heterocycles. The molecule has 2 heterocycles. The molecule has 0 aromatic carbocycles. The highest BCUT2D eigenvalue weighted by Gasteiger charge is 2.20. The lowest BCUT2D eigenvalue weighted by molar-refractivity contribution is -0.0813. The van der Waals surface area contributed by atoms with Gasteiger partial charge in [0.25, 0.3) is 0 Å². The van der Waals surface area contributed by atoms with E-state index in [-0.39, 0.29) is 6.10 Å². The van der Waals surface area contributed by atoms with Crippen molar-refractivity contribution in [3.63, 3.8) is 0 Å². The quantitative estimate of drug-likeness (QED) is 0.861. The molecule has 0 bridgehead atoms. The Morgan fingerprint density at radius 1 is 1.50 bits per heavy atom. The lowest BCUT2D eigenvalue weighted by Gasteiger charge is -2.26. The molecule has 1 fully saturated rings. The lowest BCUT2D eigenvalue weighted by Crippen LogP contribution is -2.38.